The second-order valence-electron chi connectivity index (χ2n) is 5.57. The summed E-state index contributed by atoms with van der Waals surface area (Å²) in [6, 6.07) is 10.2. The van der Waals surface area contributed by atoms with Crippen LogP contribution in [0.1, 0.15) is 0 Å². The van der Waals surface area contributed by atoms with Crippen molar-refractivity contribution >= 4 is 19.7 Å². The molecule has 0 amide bonds. The normalized spacial score (nSPS) is 12.1. The Balaban J connectivity index is 2.08. The maximum atomic E-state index is 11.6. The lowest BCUT2D eigenvalue weighted by Crippen LogP contribution is -2.04. The fourth-order valence-corrected chi connectivity index (χ4v) is 3.23. The monoisotopic (exact) mass is 390 g/mol. The number of aromatic nitrogens is 4. The molecule has 2 aromatic heterocycles. The van der Waals surface area contributed by atoms with E-state index in [1.807, 2.05) is 0 Å². The summed E-state index contributed by atoms with van der Waals surface area (Å²) in [5.74, 6) is 0. The van der Waals surface area contributed by atoms with Crippen molar-refractivity contribution in [2.24, 2.45) is 0 Å². The highest BCUT2D eigenvalue weighted by Gasteiger charge is 2.14. The summed E-state index contributed by atoms with van der Waals surface area (Å²) in [5, 5.41) is -0.524. The maximum Gasteiger partial charge on any atom is 0.247 e. The molecule has 0 aliphatic rings. The third-order valence-electron chi connectivity index (χ3n) is 3.38. The Labute approximate surface area is 150 Å². The molecule has 3 aromatic rings. The summed E-state index contributed by atoms with van der Waals surface area (Å²) in [7, 11) is -7.05. The summed E-state index contributed by atoms with van der Waals surface area (Å²) in [4.78, 5) is 15.7. The molecular formula is C16H14N4O4S2. The van der Waals surface area contributed by atoms with Crippen LogP contribution in [0.3, 0.4) is 0 Å². The molecule has 0 unspecified atom stereocenters. The van der Waals surface area contributed by atoms with Gasteiger partial charge in [0.05, 0.1) is 11.4 Å². The molecule has 0 aliphatic carbocycles. The molecule has 26 heavy (non-hydrogen) atoms. The van der Waals surface area contributed by atoms with Crippen molar-refractivity contribution in [3.63, 3.8) is 0 Å². The number of hydrogen-bond donors (Lipinski definition) is 0. The number of hydrogen-bond acceptors (Lipinski definition) is 8. The highest BCUT2D eigenvalue weighted by molar-refractivity contribution is 7.90. The molecule has 0 atom stereocenters. The number of nitrogens with zero attached hydrogens (tertiary/aromatic N) is 4. The van der Waals surface area contributed by atoms with E-state index in [1.165, 1.54) is 12.4 Å². The minimum absolute atomic E-state index is 0.262. The van der Waals surface area contributed by atoms with E-state index < -0.39 is 19.7 Å². The van der Waals surface area contributed by atoms with Crippen LogP contribution in [0.2, 0.25) is 0 Å². The van der Waals surface area contributed by atoms with Gasteiger partial charge in [0.2, 0.25) is 30.0 Å². The summed E-state index contributed by atoms with van der Waals surface area (Å²) >= 11 is 0. The van der Waals surface area contributed by atoms with Crippen molar-refractivity contribution in [1.29, 1.82) is 0 Å². The third kappa shape index (κ3) is 3.92. The second kappa shape index (κ2) is 6.54. The lowest BCUT2D eigenvalue weighted by atomic mass is 10.1. The van der Waals surface area contributed by atoms with Crippen molar-refractivity contribution in [2.45, 2.75) is 10.3 Å². The molecule has 3 rings (SSSR count). The van der Waals surface area contributed by atoms with Gasteiger partial charge >= 0.3 is 0 Å². The maximum absolute atomic E-state index is 11.6. The number of sulfone groups is 2. The molecule has 0 N–H and O–H groups in total. The Kier molecular flexibility index (Phi) is 4.55. The molecule has 0 fully saturated rings. The molecule has 134 valence electrons. The molecular weight excluding hydrogens is 376 g/mol. The van der Waals surface area contributed by atoms with E-state index >= 15 is 0 Å². The first-order valence-electron chi connectivity index (χ1n) is 7.31. The Morgan fingerprint density at radius 1 is 0.692 bits per heavy atom. The fourth-order valence-electron chi connectivity index (χ4n) is 2.20. The van der Waals surface area contributed by atoms with Gasteiger partial charge in [0.25, 0.3) is 0 Å². The van der Waals surface area contributed by atoms with Crippen molar-refractivity contribution < 1.29 is 16.8 Å². The highest BCUT2D eigenvalue weighted by atomic mass is 32.2. The van der Waals surface area contributed by atoms with Crippen LogP contribution in [-0.4, -0.2) is 49.3 Å². The fraction of sp³-hybridized carbons (Fsp3) is 0.125. The quantitative estimate of drug-likeness (QED) is 0.613. The van der Waals surface area contributed by atoms with Gasteiger partial charge in [0.15, 0.2) is 0 Å². The second-order valence-corrected chi connectivity index (χ2v) is 9.39. The average molecular weight is 390 g/mol. The van der Waals surface area contributed by atoms with Gasteiger partial charge < -0.3 is 0 Å². The number of benzene rings is 1. The first-order valence-corrected chi connectivity index (χ1v) is 11.1. The zero-order chi connectivity index (χ0) is 18.9. The van der Waals surface area contributed by atoms with Crippen LogP contribution in [0.15, 0.2) is 59.1 Å². The average Bonchev–Trinajstić information content (AvgIpc) is 2.61. The van der Waals surface area contributed by atoms with Crippen molar-refractivity contribution in [3.05, 3.63) is 48.8 Å². The van der Waals surface area contributed by atoms with Gasteiger partial charge in [-0.05, 0) is 18.2 Å². The molecule has 8 nitrogen and oxygen atoms in total. The highest BCUT2D eigenvalue weighted by Crippen LogP contribution is 2.24. The van der Waals surface area contributed by atoms with E-state index in [0.29, 0.717) is 22.5 Å². The summed E-state index contributed by atoms with van der Waals surface area (Å²) in [5.41, 5.74) is 2.16. The van der Waals surface area contributed by atoms with E-state index in [-0.39, 0.29) is 10.3 Å². The lowest BCUT2D eigenvalue weighted by molar-refractivity contribution is 0.591. The molecule has 1 aromatic carbocycles. The molecule has 0 bridgehead atoms. The van der Waals surface area contributed by atoms with Crippen molar-refractivity contribution in [3.8, 4) is 22.5 Å². The van der Waals surface area contributed by atoms with Crippen LogP contribution >= 0.6 is 0 Å². The van der Waals surface area contributed by atoms with Gasteiger partial charge in [-0.1, -0.05) is 18.2 Å². The van der Waals surface area contributed by atoms with Crippen LogP contribution in [0.5, 0.6) is 0 Å². The Hall–Kier alpha value is -2.72. The van der Waals surface area contributed by atoms with Gasteiger partial charge in [-0.3, -0.25) is 0 Å². The summed E-state index contributed by atoms with van der Waals surface area (Å²) in [6.45, 7) is 0. The summed E-state index contributed by atoms with van der Waals surface area (Å²) < 4.78 is 46.5. The molecule has 0 saturated heterocycles. The minimum Gasteiger partial charge on any atom is -0.227 e. The van der Waals surface area contributed by atoms with Gasteiger partial charge in [-0.2, -0.15) is 0 Å². The minimum atomic E-state index is -3.53. The van der Waals surface area contributed by atoms with Crippen LogP contribution in [0.4, 0.5) is 0 Å². The molecule has 0 aliphatic heterocycles. The molecule has 2 heterocycles. The van der Waals surface area contributed by atoms with Gasteiger partial charge in [-0.25, -0.2) is 36.8 Å². The van der Waals surface area contributed by atoms with Gasteiger partial charge in [0, 0.05) is 36.0 Å². The molecule has 0 spiro atoms. The van der Waals surface area contributed by atoms with Crippen molar-refractivity contribution in [2.75, 3.05) is 12.5 Å². The molecule has 0 radical (unpaired) electrons. The zero-order valence-corrected chi connectivity index (χ0v) is 15.5. The van der Waals surface area contributed by atoms with Crippen LogP contribution in [0, 0.1) is 0 Å². The lowest BCUT2D eigenvalue weighted by Gasteiger charge is -2.06. The van der Waals surface area contributed by atoms with E-state index in [0.717, 1.165) is 12.5 Å². The van der Waals surface area contributed by atoms with E-state index in [2.05, 4.69) is 19.9 Å². The van der Waals surface area contributed by atoms with Crippen LogP contribution in [0.25, 0.3) is 22.5 Å². The van der Waals surface area contributed by atoms with Gasteiger partial charge in [0.1, 0.15) is 0 Å². The topological polar surface area (TPSA) is 120 Å². The first kappa shape index (κ1) is 18.1. The van der Waals surface area contributed by atoms with Crippen LogP contribution < -0.4 is 0 Å². The van der Waals surface area contributed by atoms with E-state index in [9.17, 15) is 16.8 Å². The van der Waals surface area contributed by atoms with Crippen LogP contribution in [-0.2, 0) is 19.7 Å². The smallest absolute Gasteiger partial charge is 0.227 e. The summed E-state index contributed by atoms with van der Waals surface area (Å²) in [6.07, 6.45) is 4.82. The standard InChI is InChI=1S/C16H14N4O4S2/c1-25(21,22)15-17-8-6-13(19-15)11-4-3-5-12(10-11)14-7-9-18-16(20-14)26(2,23)24/h3-10H,1-2H3. The third-order valence-corrected chi connectivity index (χ3v) is 5.10. The Morgan fingerprint density at radius 3 is 1.50 bits per heavy atom. The predicted octanol–water partition coefficient (Wildman–Crippen LogP) is 1.41. The number of rotatable bonds is 4. The van der Waals surface area contributed by atoms with Crippen molar-refractivity contribution in [1.82, 2.24) is 19.9 Å². The first-order chi connectivity index (χ1) is 12.1. The molecule has 0 saturated carbocycles. The SMILES string of the molecule is CS(=O)(=O)c1nccc(-c2cccc(-c3ccnc(S(C)(=O)=O)n3)c2)n1. The Morgan fingerprint density at radius 2 is 1.12 bits per heavy atom. The largest absolute Gasteiger partial charge is 0.247 e. The van der Waals surface area contributed by atoms with Gasteiger partial charge in [-0.15, -0.1) is 0 Å². The van der Waals surface area contributed by atoms with E-state index in [1.54, 1.807) is 36.4 Å². The predicted molar refractivity (Wildman–Crippen MR) is 94.7 cm³/mol. The van der Waals surface area contributed by atoms with E-state index in [4.69, 9.17) is 0 Å². The zero-order valence-electron chi connectivity index (χ0n) is 13.9. The molecule has 10 heteroatoms. The Bertz CT molecular complexity index is 1100.